The van der Waals surface area contributed by atoms with Crippen LogP contribution in [0.25, 0.3) is 0 Å². The van der Waals surface area contributed by atoms with E-state index in [4.69, 9.17) is 0 Å². The molecule has 0 aromatic heterocycles. The summed E-state index contributed by atoms with van der Waals surface area (Å²) < 4.78 is 0. The van der Waals surface area contributed by atoms with Crippen molar-refractivity contribution in [3.63, 3.8) is 0 Å². The van der Waals surface area contributed by atoms with E-state index >= 15 is 0 Å². The first-order valence-electron chi connectivity index (χ1n) is 6.17. The van der Waals surface area contributed by atoms with E-state index in [1.807, 2.05) is 0 Å². The Morgan fingerprint density at radius 2 is 1.38 bits per heavy atom. The van der Waals surface area contributed by atoms with Gasteiger partial charge in [0.25, 0.3) is 0 Å². The zero-order valence-electron chi connectivity index (χ0n) is 10.3. The Hall–Kier alpha value is 0.0649. The fourth-order valence-corrected chi connectivity index (χ4v) is 2.18. The molecule has 2 unspecified atom stereocenters. The van der Waals surface area contributed by atoms with Crippen molar-refractivity contribution in [1.82, 2.24) is 0 Å². The Kier molecular flexibility index (Phi) is 7.50. The van der Waals surface area contributed by atoms with Crippen LogP contribution in [0, 0.1) is 0 Å². The van der Waals surface area contributed by atoms with Crippen molar-refractivity contribution in [2.24, 2.45) is 0 Å². The normalized spacial score (nSPS) is 15.5. The van der Waals surface area contributed by atoms with Crippen LogP contribution in [-0.2, 0) is 0 Å². The van der Waals surface area contributed by atoms with Crippen LogP contribution >= 0.6 is 0 Å². The van der Waals surface area contributed by atoms with E-state index in [-0.39, 0.29) is 0 Å². The lowest BCUT2D eigenvalue weighted by atomic mass is 9.32. The Labute approximate surface area is 85.6 Å². The van der Waals surface area contributed by atoms with Crippen molar-refractivity contribution in [3.05, 3.63) is 0 Å². The second-order valence-corrected chi connectivity index (χ2v) is 4.58. The maximum atomic E-state index is 2.42. The predicted octanol–water partition coefficient (Wildman–Crippen LogP) is 4.88. The summed E-state index contributed by atoms with van der Waals surface area (Å²) in [5.41, 5.74) is 0. The molecule has 0 saturated carbocycles. The summed E-state index contributed by atoms with van der Waals surface area (Å²) in [7, 11) is 0. The van der Waals surface area contributed by atoms with Gasteiger partial charge in [0.15, 0.2) is 0 Å². The summed E-state index contributed by atoms with van der Waals surface area (Å²) in [6, 6.07) is 0. The second kappa shape index (κ2) is 7.47. The molecule has 0 bridgehead atoms. The molecule has 0 N–H and O–H groups in total. The van der Waals surface area contributed by atoms with E-state index in [2.05, 4.69) is 34.6 Å². The molecule has 0 radical (unpaired) electrons. The fourth-order valence-electron chi connectivity index (χ4n) is 2.18. The molecule has 0 heterocycles. The Morgan fingerprint density at radius 1 is 0.923 bits per heavy atom. The van der Waals surface area contributed by atoms with Gasteiger partial charge in [-0.1, -0.05) is 78.3 Å². The maximum Gasteiger partial charge on any atom is 0.145 e. The van der Waals surface area contributed by atoms with E-state index < -0.39 is 0 Å². The molecular weight excluding hydrogens is 155 g/mol. The molecular formula is C12H27B. The first kappa shape index (κ1) is 13.1. The average Bonchev–Trinajstić information content (AvgIpc) is 2.17. The van der Waals surface area contributed by atoms with Crippen molar-refractivity contribution >= 4 is 6.71 Å². The Morgan fingerprint density at radius 3 is 1.69 bits per heavy atom. The van der Waals surface area contributed by atoms with Gasteiger partial charge in [0.1, 0.15) is 6.71 Å². The first-order chi connectivity index (χ1) is 6.17. The lowest BCUT2D eigenvalue weighted by Gasteiger charge is -2.25. The summed E-state index contributed by atoms with van der Waals surface area (Å²) in [6.45, 7) is 12.8. The number of hydrogen-bond donors (Lipinski definition) is 0. The largest absolute Gasteiger partial charge is 0.145 e. The highest BCUT2D eigenvalue weighted by Gasteiger charge is 2.24. The monoisotopic (exact) mass is 182 g/mol. The van der Waals surface area contributed by atoms with Crippen molar-refractivity contribution in [3.8, 4) is 0 Å². The van der Waals surface area contributed by atoms with Gasteiger partial charge >= 0.3 is 0 Å². The summed E-state index contributed by atoms with van der Waals surface area (Å²) in [5, 5.41) is 0. The maximum absolute atomic E-state index is 2.42. The highest BCUT2D eigenvalue weighted by molar-refractivity contribution is 6.61. The SMILES string of the molecule is CCCCB(C(C)CC)C(C)CC. The van der Waals surface area contributed by atoms with E-state index in [9.17, 15) is 0 Å². The summed E-state index contributed by atoms with van der Waals surface area (Å²) in [6.07, 6.45) is 6.90. The van der Waals surface area contributed by atoms with E-state index in [1.165, 1.54) is 32.0 Å². The smallest absolute Gasteiger partial charge is 0.0737 e. The van der Waals surface area contributed by atoms with Gasteiger partial charge in [0.05, 0.1) is 0 Å². The van der Waals surface area contributed by atoms with Gasteiger partial charge in [-0.05, 0) is 0 Å². The van der Waals surface area contributed by atoms with Crippen LogP contribution < -0.4 is 0 Å². The Bertz CT molecular complexity index is 102. The quantitative estimate of drug-likeness (QED) is 0.492. The molecule has 0 aromatic rings. The average molecular weight is 182 g/mol. The van der Waals surface area contributed by atoms with Crippen LogP contribution in [0.2, 0.25) is 18.0 Å². The van der Waals surface area contributed by atoms with Crippen LogP contribution in [0.4, 0.5) is 0 Å². The zero-order chi connectivity index (χ0) is 10.3. The van der Waals surface area contributed by atoms with E-state index in [0.717, 1.165) is 18.3 Å². The topological polar surface area (TPSA) is 0 Å². The summed E-state index contributed by atoms with van der Waals surface area (Å²) in [4.78, 5) is 0. The third-order valence-corrected chi connectivity index (χ3v) is 3.64. The van der Waals surface area contributed by atoms with Gasteiger partial charge in [-0.25, -0.2) is 0 Å². The molecule has 78 valence electrons. The standard InChI is InChI=1S/C12H27B/c1-6-9-10-13(11(4)7-2)12(5)8-3/h11-12H,6-10H2,1-5H3. The number of hydrogen-bond acceptors (Lipinski definition) is 0. The van der Waals surface area contributed by atoms with E-state index in [1.54, 1.807) is 0 Å². The van der Waals surface area contributed by atoms with Gasteiger partial charge in [-0.2, -0.15) is 0 Å². The van der Waals surface area contributed by atoms with Crippen molar-refractivity contribution in [2.75, 3.05) is 0 Å². The molecule has 0 aliphatic rings. The van der Waals surface area contributed by atoms with Crippen molar-refractivity contribution in [1.29, 1.82) is 0 Å². The molecule has 13 heavy (non-hydrogen) atoms. The van der Waals surface area contributed by atoms with Crippen LogP contribution in [-0.4, -0.2) is 6.71 Å². The first-order valence-corrected chi connectivity index (χ1v) is 6.17. The zero-order valence-corrected chi connectivity index (χ0v) is 10.3. The molecule has 0 rings (SSSR count). The minimum Gasteiger partial charge on any atom is -0.0737 e. The predicted molar refractivity (Wildman–Crippen MR) is 64.9 cm³/mol. The van der Waals surface area contributed by atoms with E-state index in [0.29, 0.717) is 0 Å². The molecule has 0 amide bonds. The minimum atomic E-state index is 0.918. The van der Waals surface area contributed by atoms with Gasteiger partial charge in [-0.15, -0.1) is 0 Å². The Balaban J connectivity index is 4.01. The third kappa shape index (κ3) is 4.74. The molecule has 0 saturated heterocycles. The molecule has 0 aliphatic carbocycles. The minimum absolute atomic E-state index is 0.918. The fraction of sp³-hybridized carbons (Fsp3) is 1.00. The summed E-state index contributed by atoms with van der Waals surface area (Å²) >= 11 is 0. The van der Waals surface area contributed by atoms with Gasteiger partial charge in [0, 0.05) is 0 Å². The number of rotatable bonds is 7. The van der Waals surface area contributed by atoms with Crippen molar-refractivity contribution in [2.45, 2.75) is 78.3 Å². The second-order valence-electron chi connectivity index (χ2n) is 4.58. The molecule has 0 nitrogen and oxygen atoms in total. The molecule has 2 atom stereocenters. The van der Waals surface area contributed by atoms with Gasteiger partial charge in [-0.3, -0.25) is 0 Å². The lowest BCUT2D eigenvalue weighted by Crippen LogP contribution is -2.23. The van der Waals surface area contributed by atoms with Crippen LogP contribution in [0.1, 0.15) is 60.3 Å². The molecule has 0 aliphatic heterocycles. The highest BCUT2D eigenvalue weighted by Crippen LogP contribution is 2.30. The van der Waals surface area contributed by atoms with Crippen LogP contribution in [0.3, 0.4) is 0 Å². The third-order valence-electron chi connectivity index (χ3n) is 3.64. The van der Waals surface area contributed by atoms with Crippen LogP contribution in [0.15, 0.2) is 0 Å². The van der Waals surface area contributed by atoms with Gasteiger partial charge in [0.2, 0.25) is 0 Å². The number of unbranched alkanes of at least 4 members (excludes halogenated alkanes) is 1. The van der Waals surface area contributed by atoms with Gasteiger partial charge < -0.3 is 0 Å². The van der Waals surface area contributed by atoms with Crippen LogP contribution in [0.5, 0.6) is 0 Å². The molecule has 0 spiro atoms. The molecule has 1 heteroatoms. The molecule has 0 aromatic carbocycles. The van der Waals surface area contributed by atoms with Crippen molar-refractivity contribution < 1.29 is 0 Å². The highest BCUT2D eigenvalue weighted by atomic mass is 14.0. The molecule has 0 fully saturated rings. The lowest BCUT2D eigenvalue weighted by molar-refractivity contribution is 0.752. The summed E-state index contributed by atoms with van der Waals surface area (Å²) in [5.74, 6) is 1.84.